The van der Waals surface area contributed by atoms with Gasteiger partial charge in [0.2, 0.25) is 0 Å². The van der Waals surface area contributed by atoms with E-state index in [-0.39, 0.29) is 30.1 Å². The van der Waals surface area contributed by atoms with E-state index < -0.39 is 23.6 Å². The van der Waals surface area contributed by atoms with E-state index in [4.69, 9.17) is 5.73 Å². The van der Waals surface area contributed by atoms with Gasteiger partial charge in [-0.3, -0.25) is 14.9 Å². The Morgan fingerprint density at radius 3 is 2.62 bits per heavy atom. The number of ether oxygens (including phenoxy) is 1. The number of nitrogens with one attached hydrogen (secondary N) is 1. The molecule has 3 N–H and O–H groups in total. The third kappa shape index (κ3) is 5.65. The van der Waals surface area contributed by atoms with Crippen molar-refractivity contribution in [3.05, 3.63) is 33.9 Å². The Labute approximate surface area is 117 Å². The first-order valence-corrected chi connectivity index (χ1v) is 5.67. The summed E-state index contributed by atoms with van der Waals surface area (Å²) in [7, 11) is 0. The van der Waals surface area contributed by atoms with Gasteiger partial charge in [-0.15, -0.1) is 0 Å². The molecule has 0 aliphatic rings. The van der Waals surface area contributed by atoms with Crippen LogP contribution in [0.2, 0.25) is 0 Å². The number of nitrogens with zero attached hydrogens (tertiary/aromatic N) is 1. The molecule has 0 spiro atoms. The first-order chi connectivity index (χ1) is 9.70. The molecule has 10 heteroatoms. The van der Waals surface area contributed by atoms with Crippen LogP contribution in [0.5, 0.6) is 0 Å². The Hall–Kier alpha value is -2.36. The molecule has 0 unspecified atom stereocenters. The van der Waals surface area contributed by atoms with Gasteiger partial charge in [0.25, 0.3) is 11.6 Å². The average molecular weight is 307 g/mol. The number of halogens is 3. The van der Waals surface area contributed by atoms with Crippen LogP contribution >= 0.6 is 0 Å². The van der Waals surface area contributed by atoms with Gasteiger partial charge >= 0.3 is 6.18 Å². The second-order valence-corrected chi connectivity index (χ2v) is 3.95. The van der Waals surface area contributed by atoms with E-state index in [2.05, 4.69) is 10.1 Å². The number of nitro benzene ring substituents is 1. The number of hydrogen-bond donors (Lipinski definition) is 2. The molecule has 0 aromatic heterocycles. The normalized spacial score (nSPS) is 11.2. The van der Waals surface area contributed by atoms with Gasteiger partial charge < -0.3 is 15.8 Å². The molecular weight excluding hydrogens is 295 g/mol. The summed E-state index contributed by atoms with van der Waals surface area (Å²) in [5.74, 6) is -0.618. The Kier molecular flexibility index (Phi) is 5.47. The van der Waals surface area contributed by atoms with Crippen molar-refractivity contribution in [2.24, 2.45) is 0 Å². The van der Waals surface area contributed by atoms with Crippen molar-refractivity contribution in [2.75, 3.05) is 25.5 Å². The molecule has 0 atom stereocenters. The van der Waals surface area contributed by atoms with Gasteiger partial charge in [-0.25, -0.2) is 0 Å². The monoisotopic (exact) mass is 307 g/mol. The van der Waals surface area contributed by atoms with Crippen molar-refractivity contribution in [3.63, 3.8) is 0 Å². The topological polar surface area (TPSA) is 107 Å². The molecule has 7 nitrogen and oxygen atoms in total. The number of hydrogen-bond acceptors (Lipinski definition) is 5. The van der Waals surface area contributed by atoms with Gasteiger partial charge in [0.05, 0.1) is 11.5 Å². The van der Waals surface area contributed by atoms with E-state index in [1.165, 1.54) is 6.07 Å². The molecule has 0 aliphatic carbocycles. The lowest BCUT2D eigenvalue weighted by Crippen LogP contribution is -2.29. The zero-order chi connectivity index (χ0) is 16.0. The minimum Gasteiger partial charge on any atom is -0.393 e. The number of carbonyl (C=O) groups is 1. The van der Waals surface area contributed by atoms with Crippen LogP contribution in [0, 0.1) is 10.1 Å². The molecule has 0 aliphatic heterocycles. The Morgan fingerprint density at radius 2 is 2.10 bits per heavy atom. The predicted molar refractivity (Wildman–Crippen MR) is 66.7 cm³/mol. The number of amides is 1. The zero-order valence-corrected chi connectivity index (χ0v) is 10.6. The summed E-state index contributed by atoms with van der Waals surface area (Å²) in [6, 6.07) is 3.38. The lowest BCUT2D eigenvalue weighted by atomic mass is 10.1. The van der Waals surface area contributed by atoms with E-state index in [9.17, 15) is 28.1 Å². The van der Waals surface area contributed by atoms with Crippen molar-refractivity contribution >= 4 is 17.3 Å². The predicted octanol–water partition coefficient (Wildman–Crippen LogP) is 1.49. The molecule has 1 aromatic carbocycles. The molecule has 1 amide bonds. The highest BCUT2D eigenvalue weighted by Gasteiger charge is 2.27. The molecule has 0 fully saturated rings. The maximum atomic E-state index is 11.8. The summed E-state index contributed by atoms with van der Waals surface area (Å²) in [5.41, 5.74) is 4.96. The molecular formula is C11H12F3N3O4. The van der Waals surface area contributed by atoms with E-state index in [1.54, 1.807) is 0 Å². The molecule has 0 heterocycles. The molecule has 21 heavy (non-hydrogen) atoms. The number of anilines is 1. The van der Waals surface area contributed by atoms with Crippen molar-refractivity contribution in [3.8, 4) is 0 Å². The molecule has 0 bridgehead atoms. The second-order valence-electron chi connectivity index (χ2n) is 3.95. The first kappa shape index (κ1) is 16.7. The van der Waals surface area contributed by atoms with E-state index >= 15 is 0 Å². The highest BCUT2D eigenvalue weighted by Crippen LogP contribution is 2.21. The zero-order valence-electron chi connectivity index (χ0n) is 10.6. The summed E-state index contributed by atoms with van der Waals surface area (Å²) in [6.07, 6.45) is -4.42. The maximum absolute atomic E-state index is 11.8. The van der Waals surface area contributed by atoms with Gasteiger partial charge in [0.1, 0.15) is 12.3 Å². The van der Waals surface area contributed by atoms with E-state index in [1.807, 2.05) is 0 Å². The molecule has 0 saturated carbocycles. The second kappa shape index (κ2) is 6.88. The van der Waals surface area contributed by atoms with Crippen LogP contribution in [0.3, 0.4) is 0 Å². The van der Waals surface area contributed by atoms with Gasteiger partial charge in [0.15, 0.2) is 0 Å². The van der Waals surface area contributed by atoms with E-state index in [0.717, 1.165) is 12.1 Å². The fourth-order valence-corrected chi connectivity index (χ4v) is 1.39. The van der Waals surface area contributed by atoms with Crippen molar-refractivity contribution in [1.29, 1.82) is 0 Å². The highest BCUT2D eigenvalue weighted by atomic mass is 19.4. The van der Waals surface area contributed by atoms with Crippen LogP contribution in [0.15, 0.2) is 18.2 Å². The third-order valence-electron chi connectivity index (χ3n) is 2.28. The molecule has 1 rings (SSSR count). The summed E-state index contributed by atoms with van der Waals surface area (Å²) in [5, 5.41) is 12.8. The maximum Gasteiger partial charge on any atom is 0.411 e. The number of benzene rings is 1. The van der Waals surface area contributed by atoms with Gasteiger partial charge in [-0.2, -0.15) is 13.2 Å². The minimum absolute atomic E-state index is 0.0638. The number of rotatable bonds is 6. The van der Waals surface area contributed by atoms with Crippen molar-refractivity contribution in [1.82, 2.24) is 5.32 Å². The largest absolute Gasteiger partial charge is 0.411 e. The van der Waals surface area contributed by atoms with Crippen LogP contribution in [-0.4, -0.2) is 36.8 Å². The number of nitrogens with two attached hydrogens (primary N) is 1. The molecule has 1 aromatic rings. The van der Waals surface area contributed by atoms with Crippen molar-refractivity contribution < 1.29 is 27.6 Å². The Bertz CT molecular complexity index is 534. The number of nitro groups is 1. The number of carbonyl (C=O) groups excluding carboxylic acids is 1. The van der Waals surface area contributed by atoms with Crippen LogP contribution in [0.25, 0.3) is 0 Å². The Balaban J connectivity index is 2.46. The lowest BCUT2D eigenvalue weighted by molar-refractivity contribution is -0.383. The van der Waals surface area contributed by atoms with Gasteiger partial charge in [0, 0.05) is 18.2 Å². The quantitative estimate of drug-likeness (QED) is 0.358. The standard InChI is InChI=1S/C11H12F3N3O4/c12-11(13,14)6-21-4-3-16-10(18)7-1-2-9(17(19)20)8(15)5-7/h1-2,5H,3-4,6,15H2,(H,16,18). The van der Waals surface area contributed by atoms with Gasteiger partial charge in [-0.1, -0.05) is 0 Å². The van der Waals surface area contributed by atoms with Crippen LogP contribution < -0.4 is 11.1 Å². The smallest absolute Gasteiger partial charge is 0.393 e. The number of nitrogen functional groups attached to an aromatic ring is 1. The lowest BCUT2D eigenvalue weighted by Gasteiger charge is -2.08. The molecule has 116 valence electrons. The SMILES string of the molecule is Nc1cc(C(=O)NCCOCC(F)(F)F)ccc1[N+](=O)[O-]. The molecule has 0 saturated heterocycles. The van der Waals surface area contributed by atoms with Gasteiger partial charge in [-0.05, 0) is 12.1 Å². The molecule has 0 radical (unpaired) electrons. The van der Waals surface area contributed by atoms with Crippen LogP contribution in [0.1, 0.15) is 10.4 Å². The van der Waals surface area contributed by atoms with Crippen molar-refractivity contribution in [2.45, 2.75) is 6.18 Å². The fourth-order valence-electron chi connectivity index (χ4n) is 1.39. The highest BCUT2D eigenvalue weighted by molar-refractivity contribution is 5.95. The summed E-state index contributed by atoms with van der Waals surface area (Å²) >= 11 is 0. The average Bonchev–Trinajstić information content (AvgIpc) is 2.36. The Morgan fingerprint density at radius 1 is 1.43 bits per heavy atom. The summed E-state index contributed by atoms with van der Waals surface area (Å²) in [6.45, 7) is -1.84. The van der Waals surface area contributed by atoms with E-state index in [0.29, 0.717) is 0 Å². The number of alkyl halides is 3. The van der Waals surface area contributed by atoms with Crippen LogP contribution in [-0.2, 0) is 4.74 Å². The fraction of sp³-hybridized carbons (Fsp3) is 0.364. The van der Waals surface area contributed by atoms with Crippen LogP contribution in [0.4, 0.5) is 24.5 Å². The summed E-state index contributed by atoms with van der Waals surface area (Å²) < 4.78 is 39.6. The first-order valence-electron chi connectivity index (χ1n) is 5.67. The summed E-state index contributed by atoms with van der Waals surface area (Å²) in [4.78, 5) is 21.5. The third-order valence-corrected chi connectivity index (χ3v) is 2.28. The minimum atomic E-state index is -4.42.